The molecule has 3 aromatic heterocycles. The molecule has 0 spiro atoms. The molecule has 2 N–H and O–H groups in total. The number of amides is 1. The fourth-order valence-electron chi connectivity index (χ4n) is 4.22. The van der Waals surface area contributed by atoms with Crippen molar-refractivity contribution in [2.45, 2.75) is 13.5 Å². The molecule has 0 aliphatic carbocycles. The second-order valence-corrected chi connectivity index (χ2v) is 8.04. The van der Waals surface area contributed by atoms with Crippen LogP contribution in [0.25, 0.3) is 33.9 Å². The van der Waals surface area contributed by atoms with E-state index in [1.165, 1.54) is 11.6 Å². The van der Waals surface area contributed by atoms with Gasteiger partial charge in [-0.2, -0.15) is 4.98 Å². The number of rotatable bonds is 5. The van der Waals surface area contributed by atoms with Gasteiger partial charge in [-0.3, -0.25) is 23.1 Å². The second kappa shape index (κ2) is 7.77. The molecule has 0 radical (unpaired) electrons. The van der Waals surface area contributed by atoms with Crippen molar-refractivity contribution in [3.63, 3.8) is 0 Å². The average Bonchev–Trinajstić information content (AvgIpc) is 3.37. The summed E-state index contributed by atoms with van der Waals surface area (Å²) in [5.74, 6) is 0.251. The van der Waals surface area contributed by atoms with Crippen LogP contribution in [0.3, 0.4) is 0 Å². The van der Waals surface area contributed by atoms with E-state index in [4.69, 9.17) is 10.5 Å². The zero-order valence-corrected chi connectivity index (χ0v) is 18.8. The topological polar surface area (TPSA) is 119 Å². The lowest BCUT2D eigenvalue weighted by molar-refractivity contribution is -0.118. The number of nitrogens with two attached hydrogens (primary N) is 1. The highest BCUT2D eigenvalue weighted by molar-refractivity contribution is 5.80. The molecular formula is C24H22N6O4. The highest BCUT2D eigenvalue weighted by Gasteiger charge is 2.24. The van der Waals surface area contributed by atoms with Crippen LogP contribution in [0.1, 0.15) is 5.56 Å². The van der Waals surface area contributed by atoms with Gasteiger partial charge < -0.3 is 10.5 Å². The van der Waals surface area contributed by atoms with Crippen molar-refractivity contribution < 1.29 is 9.53 Å². The molecule has 5 rings (SSSR count). The van der Waals surface area contributed by atoms with Crippen molar-refractivity contribution in [1.29, 1.82) is 0 Å². The van der Waals surface area contributed by atoms with Gasteiger partial charge in [-0.15, -0.1) is 0 Å². The molecule has 34 heavy (non-hydrogen) atoms. The van der Waals surface area contributed by atoms with Gasteiger partial charge in [0.1, 0.15) is 12.3 Å². The lowest BCUT2D eigenvalue weighted by Crippen LogP contribution is -2.42. The molecule has 0 saturated carbocycles. The lowest BCUT2D eigenvalue weighted by Gasteiger charge is -2.14. The predicted molar refractivity (Wildman–Crippen MR) is 127 cm³/mol. The normalized spacial score (nSPS) is 11.4. The number of ether oxygens (including phenoxy) is 1. The van der Waals surface area contributed by atoms with E-state index in [1.54, 1.807) is 17.7 Å². The van der Waals surface area contributed by atoms with E-state index >= 15 is 0 Å². The van der Waals surface area contributed by atoms with Crippen LogP contribution in [-0.2, 0) is 18.4 Å². The third-order valence-electron chi connectivity index (χ3n) is 5.81. The monoisotopic (exact) mass is 458 g/mol. The minimum atomic E-state index is -0.786. The van der Waals surface area contributed by atoms with Gasteiger partial charge in [-0.05, 0) is 24.6 Å². The number of carbonyl (C=O) groups is 1. The Bertz CT molecular complexity index is 1710. The average molecular weight is 458 g/mol. The van der Waals surface area contributed by atoms with Crippen LogP contribution in [0.4, 0.5) is 0 Å². The van der Waals surface area contributed by atoms with Gasteiger partial charge in [0.25, 0.3) is 5.56 Å². The van der Waals surface area contributed by atoms with Crippen molar-refractivity contribution in [3.8, 4) is 22.7 Å². The number of methoxy groups -OCH3 is 1. The van der Waals surface area contributed by atoms with Gasteiger partial charge in [0.15, 0.2) is 11.2 Å². The molecule has 0 aliphatic rings. The Kier molecular flexibility index (Phi) is 4.85. The number of aromatic nitrogens is 5. The van der Waals surface area contributed by atoms with Crippen LogP contribution in [0.5, 0.6) is 5.75 Å². The van der Waals surface area contributed by atoms with Gasteiger partial charge in [-0.1, -0.05) is 36.4 Å². The summed E-state index contributed by atoms with van der Waals surface area (Å²) in [5.41, 5.74) is 7.74. The number of hydrogen-bond acceptors (Lipinski definition) is 5. The summed E-state index contributed by atoms with van der Waals surface area (Å²) in [7, 11) is 3.09. The maximum absolute atomic E-state index is 13.3. The number of benzene rings is 2. The summed E-state index contributed by atoms with van der Waals surface area (Å²) >= 11 is 0. The van der Waals surface area contributed by atoms with Crippen molar-refractivity contribution in [3.05, 3.63) is 81.1 Å². The van der Waals surface area contributed by atoms with Crippen LogP contribution in [0.15, 0.2) is 64.3 Å². The molecule has 0 bridgehead atoms. The predicted octanol–water partition coefficient (Wildman–Crippen LogP) is 1.61. The van der Waals surface area contributed by atoms with Crippen LogP contribution in [-0.4, -0.2) is 36.1 Å². The number of aryl methyl sites for hydroxylation is 2. The maximum Gasteiger partial charge on any atom is 0.332 e. The fraction of sp³-hybridized carbons (Fsp3) is 0.167. The number of imidazole rings is 2. The van der Waals surface area contributed by atoms with E-state index in [9.17, 15) is 14.4 Å². The largest absolute Gasteiger partial charge is 0.495 e. The Morgan fingerprint density at radius 3 is 2.53 bits per heavy atom. The summed E-state index contributed by atoms with van der Waals surface area (Å²) in [5, 5.41) is 0. The van der Waals surface area contributed by atoms with Gasteiger partial charge >= 0.3 is 5.69 Å². The Labute approximate surface area is 193 Å². The first-order valence-corrected chi connectivity index (χ1v) is 10.5. The molecule has 172 valence electrons. The first-order chi connectivity index (χ1) is 16.3. The van der Waals surface area contributed by atoms with Gasteiger partial charge in [-0.25, -0.2) is 9.36 Å². The molecule has 0 unspecified atom stereocenters. The Balaban J connectivity index is 1.97. The number of fused-ring (bicyclic) bond motifs is 3. The molecular weight excluding hydrogens is 436 g/mol. The van der Waals surface area contributed by atoms with E-state index in [2.05, 4.69) is 4.98 Å². The Hall–Kier alpha value is -4.60. The van der Waals surface area contributed by atoms with Crippen molar-refractivity contribution >= 4 is 22.8 Å². The van der Waals surface area contributed by atoms with Crippen molar-refractivity contribution in [1.82, 2.24) is 23.1 Å². The van der Waals surface area contributed by atoms with E-state index in [-0.39, 0.29) is 11.2 Å². The SMILES string of the molecule is COc1ccc(C)cc1-n1c(-c2ccccc2)cn2c3c(=O)n(CC(N)=O)c(=O)n(C)c3nc12. The first-order valence-electron chi connectivity index (χ1n) is 10.5. The number of carbonyl (C=O) groups excluding carboxylic acids is 1. The van der Waals surface area contributed by atoms with Crippen LogP contribution in [0.2, 0.25) is 0 Å². The smallest absolute Gasteiger partial charge is 0.332 e. The van der Waals surface area contributed by atoms with Crippen molar-refractivity contribution in [2.75, 3.05) is 7.11 Å². The third kappa shape index (κ3) is 3.11. The molecule has 5 aromatic rings. The molecule has 0 aliphatic heterocycles. The van der Waals surface area contributed by atoms with E-state index < -0.39 is 23.7 Å². The summed E-state index contributed by atoms with van der Waals surface area (Å²) < 4.78 is 11.2. The van der Waals surface area contributed by atoms with E-state index in [1.807, 2.05) is 60.0 Å². The van der Waals surface area contributed by atoms with E-state index in [0.717, 1.165) is 27.1 Å². The summed E-state index contributed by atoms with van der Waals surface area (Å²) in [4.78, 5) is 42.3. The summed E-state index contributed by atoms with van der Waals surface area (Å²) in [6.07, 6.45) is 1.79. The number of hydrogen-bond donors (Lipinski definition) is 1. The molecule has 0 saturated heterocycles. The Morgan fingerprint density at radius 2 is 1.85 bits per heavy atom. The zero-order chi connectivity index (χ0) is 24.1. The summed E-state index contributed by atoms with van der Waals surface area (Å²) in [6.45, 7) is 1.45. The second-order valence-electron chi connectivity index (χ2n) is 8.04. The quantitative estimate of drug-likeness (QED) is 0.429. The third-order valence-corrected chi connectivity index (χ3v) is 5.81. The lowest BCUT2D eigenvalue weighted by atomic mass is 10.1. The molecule has 0 atom stereocenters. The standard InChI is InChI=1S/C24H22N6O4/c1-14-9-10-18(34-3)16(11-14)30-17(15-7-5-4-6-8-15)12-28-20-21(26-23(28)30)27(2)24(33)29(22(20)32)13-19(25)31/h4-12H,13H2,1-3H3,(H2,25,31). The number of primary amides is 1. The number of nitrogens with zero attached hydrogens (tertiary/aromatic N) is 5. The van der Waals surface area contributed by atoms with Gasteiger partial charge in [0.05, 0.1) is 18.5 Å². The van der Waals surface area contributed by atoms with Crippen LogP contribution in [0, 0.1) is 6.92 Å². The highest BCUT2D eigenvalue weighted by Crippen LogP contribution is 2.33. The molecule has 2 aromatic carbocycles. The molecule has 10 heteroatoms. The van der Waals surface area contributed by atoms with Crippen LogP contribution >= 0.6 is 0 Å². The first kappa shape index (κ1) is 21.3. The Morgan fingerprint density at radius 1 is 1.12 bits per heavy atom. The van der Waals surface area contributed by atoms with E-state index in [0.29, 0.717) is 11.5 Å². The van der Waals surface area contributed by atoms with Crippen molar-refractivity contribution in [2.24, 2.45) is 12.8 Å². The molecule has 3 heterocycles. The molecule has 1 amide bonds. The minimum absolute atomic E-state index is 0.168. The molecule has 0 fully saturated rings. The van der Waals surface area contributed by atoms with Gasteiger partial charge in [0.2, 0.25) is 11.7 Å². The van der Waals surface area contributed by atoms with Crippen LogP contribution < -0.4 is 21.7 Å². The minimum Gasteiger partial charge on any atom is -0.495 e. The molecule has 10 nitrogen and oxygen atoms in total. The fourth-order valence-corrected chi connectivity index (χ4v) is 4.22. The van der Waals surface area contributed by atoms with Gasteiger partial charge in [0, 0.05) is 18.8 Å². The zero-order valence-electron chi connectivity index (χ0n) is 18.8. The maximum atomic E-state index is 13.3. The highest BCUT2D eigenvalue weighted by atomic mass is 16.5. The summed E-state index contributed by atoms with van der Waals surface area (Å²) in [6, 6.07) is 15.5.